The topological polar surface area (TPSA) is 46.9 Å². The van der Waals surface area contributed by atoms with Crippen molar-refractivity contribution >= 4 is 17.5 Å². The van der Waals surface area contributed by atoms with Crippen molar-refractivity contribution in [1.29, 1.82) is 0 Å². The molecule has 2 heterocycles. The zero-order valence-electron chi connectivity index (χ0n) is 10.8. The fraction of sp³-hybridized carbons (Fsp3) is 0.231. The summed E-state index contributed by atoms with van der Waals surface area (Å²) in [6, 6.07) is 2.93. The minimum Gasteiger partial charge on any atom is -0.348 e. The van der Waals surface area contributed by atoms with Crippen LogP contribution in [0.4, 0.5) is 17.6 Å². The molecule has 4 nitrogen and oxygen atoms in total. The summed E-state index contributed by atoms with van der Waals surface area (Å²) in [5.41, 5.74) is 0.231. The Bertz CT molecular complexity index is 756. The van der Waals surface area contributed by atoms with Crippen LogP contribution < -0.4 is 5.32 Å². The summed E-state index contributed by atoms with van der Waals surface area (Å²) in [5, 5.41) is 5.84. The van der Waals surface area contributed by atoms with Crippen LogP contribution in [0, 0.1) is 5.82 Å². The van der Waals surface area contributed by atoms with E-state index in [1.54, 1.807) is 0 Å². The van der Waals surface area contributed by atoms with Crippen LogP contribution in [-0.4, -0.2) is 28.4 Å². The molecule has 0 aliphatic carbocycles. The highest BCUT2D eigenvalue weighted by molar-refractivity contribution is 6.31. The molecule has 0 radical (unpaired) electrons. The monoisotopic (exact) mass is 333 g/mol. The molecule has 1 unspecified atom stereocenters. The molecule has 2 aromatic rings. The van der Waals surface area contributed by atoms with Gasteiger partial charge in [0.1, 0.15) is 11.5 Å². The van der Waals surface area contributed by atoms with Crippen LogP contribution in [0.5, 0.6) is 0 Å². The van der Waals surface area contributed by atoms with Gasteiger partial charge in [0.2, 0.25) is 0 Å². The number of nitrogens with zero attached hydrogens (tertiary/aromatic N) is 2. The predicted molar refractivity (Wildman–Crippen MR) is 70.1 cm³/mol. The Labute approximate surface area is 126 Å². The highest BCUT2D eigenvalue weighted by Crippen LogP contribution is 2.34. The number of nitrogens with one attached hydrogen (secondary N) is 1. The first-order valence-corrected chi connectivity index (χ1v) is 6.55. The molecule has 116 valence electrons. The maximum Gasteiger partial charge on any atom is 0.412 e. The van der Waals surface area contributed by atoms with Gasteiger partial charge in [0.15, 0.2) is 6.04 Å². The lowest BCUT2D eigenvalue weighted by atomic mass is 10.1. The molecule has 1 aromatic heterocycles. The number of aromatic nitrogens is 2. The maximum absolute atomic E-state index is 13.2. The lowest BCUT2D eigenvalue weighted by Crippen LogP contribution is -2.45. The van der Waals surface area contributed by atoms with Crippen molar-refractivity contribution in [2.24, 2.45) is 0 Å². The average molecular weight is 334 g/mol. The molecule has 0 bridgehead atoms. The Hall–Kier alpha value is -2.09. The van der Waals surface area contributed by atoms with Gasteiger partial charge in [0, 0.05) is 12.1 Å². The summed E-state index contributed by atoms with van der Waals surface area (Å²) in [7, 11) is 0. The Kier molecular flexibility index (Phi) is 3.36. The normalized spacial score (nSPS) is 18.0. The molecule has 3 rings (SSSR count). The van der Waals surface area contributed by atoms with E-state index in [1.165, 1.54) is 18.2 Å². The molecule has 22 heavy (non-hydrogen) atoms. The Morgan fingerprint density at radius 3 is 2.68 bits per heavy atom. The van der Waals surface area contributed by atoms with Gasteiger partial charge in [-0.3, -0.25) is 4.79 Å². The molecule has 1 aliphatic rings. The van der Waals surface area contributed by atoms with Gasteiger partial charge in [-0.05, 0) is 24.3 Å². The van der Waals surface area contributed by atoms with Gasteiger partial charge < -0.3 is 5.32 Å². The van der Waals surface area contributed by atoms with Crippen molar-refractivity contribution in [1.82, 2.24) is 15.1 Å². The molecule has 1 amide bonds. The van der Waals surface area contributed by atoms with Gasteiger partial charge in [-0.2, -0.15) is 18.3 Å². The van der Waals surface area contributed by atoms with Crippen LogP contribution in [0.2, 0.25) is 5.02 Å². The molecule has 1 N–H and O–H groups in total. The summed E-state index contributed by atoms with van der Waals surface area (Å²) < 4.78 is 52.8. The molecule has 1 aromatic carbocycles. The van der Waals surface area contributed by atoms with Gasteiger partial charge in [-0.25, -0.2) is 9.07 Å². The Morgan fingerprint density at radius 1 is 1.32 bits per heavy atom. The fourth-order valence-electron chi connectivity index (χ4n) is 2.22. The van der Waals surface area contributed by atoms with Crippen LogP contribution in [0.1, 0.15) is 16.5 Å². The first-order valence-electron chi connectivity index (χ1n) is 6.17. The SMILES string of the molecule is O=C1NCC(C(F)(F)F)n2nc(-c3ccc(F)c(Cl)c3)cc21. The van der Waals surface area contributed by atoms with Gasteiger partial charge in [-0.1, -0.05) is 11.6 Å². The Morgan fingerprint density at radius 2 is 2.05 bits per heavy atom. The number of hydrogen-bond donors (Lipinski definition) is 1. The molecular formula is C13H8ClF4N3O. The van der Waals surface area contributed by atoms with E-state index in [0.29, 0.717) is 10.2 Å². The minimum atomic E-state index is -4.55. The van der Waals surface area contributed by atoms with Crippen LogP contribution in [0.15, 0.2) is 24.3 Å². The third kappa shape index (κ3) is 2.43. The lowest BCUT2D eigenvalue weighted by molar-refractivity contribution is -0.169. The van der Waals surface area contributed by atoms with Crippen molar-refractivity contribution in [3.63, 3.8) is 0 Å². The largest absolute Gasteiger partial charge is 0.412 e. The van der Waals surface area contributed by atoms with E-state index in [9.17, 15) is 22.4 Å². The molecule has 0 saturated carbocycles. The smallest absolute Gasteiger partial charge is 0.348 e. The first kappa shape index (κ1) is 14.8. The van der Waals surface area contributed by atoms with Crippen molar-refractivity contribution in [2.75, 3.05) is 6.54 Å². The van der Waals surface area contributed by atoms with E-state index in [4.69, 9.17) is 11.6 Å². The number of alkyl halides is 3. The third-order valence-corrected chi connectivity index (χ3v) is 3.60. The van der Waals surface area contributed by atoms with Crippen LogP contribution >= 0.6 is 11.6 Å². The first-order chi connectivity index (χ1) is 10.3. The predicted octanol–water partition coefficient (Wildman–Crippen LogP) is 3.19. The quantitative estimate of drug-likeness (QED) is 0.815. The third-order valence-electron chi connectivity index (χ3n) is 3.31. The highest BCUT2D eigenvalue weighted by Gasteiger charge is 2.45. The summed E-state index contributed by atoms with van der Waals surface area (Å²) in [4.78, 5) is 11.7. The number of carbonyl (C=O) groups is 1. The van der Waals surface area contributed by atoms with Crippen molar-refractivity contribution in [3.8, 4) is 11.3 Å². The van der Waals surface area contributed by atoms with Crippen LogP contribution in [0.3, 0.4) is 0 Å². The molecule has 1 atom stereocenters. The number of benzene rings is 1. The van der Waals surface area contributed by atoms with Crippen molar-refractivity contribution in [3.05, 3.63) is 40.8 Å². The van der Waals surface area contributed by atoms with Crippen molar-refractivity contribution < 1.29 is 22.4 Å². The zero-order valence-corrected chi connectivity index (χ0v) is 11.5. The summed E-state index contributed by atoms with van der Waals surface area (Å²) >= 11 is 5.65. The summed E-state index contributed by atoms with van der Waals surface area (Å²) in [6.07, 6.45) is -4.55. The van der Waals surface area contributed by atoms with E-state index in [1.807, 2.05) is 0 Å². The van der Waals surface area contributed by atoms with Crippen molar-refractivity contribution in [2.45, 2.75) is 12.2 Å². The number of amides is 1. The van der Waals surface area contributed by atoms with Gasteiger partial charge in [0.25, 0.3) is 5.91 Å². The molecule has 0 spiro atoms. The van der Waals surface area contributed by atoms with Crippen LogP contribution in [-0.2, 0) is 0 Å². The van der Waals surface area contributed by atoms with E-state index >= 15 is 0 Å². The second-order valence-corrected chi connectivity index (χ2v) is 5.16. The molecular weight excluding hydrogens is 326 g/mol. The Balaban J connectivity index is 2.10. The standard InChI is InChI=1S/C13H8ClF4N3O/c14-7-3-6(1-2-8(7)15)9-4-10-12(22)19-5-11(13(16,17)18)21(10)20-9/h1-4,11H,5H2,(H,19,22). The van der Waals surface area contributed by atoms with Gasteiger partial charge in [-0.15, -0.1) is 0 Å². The fourth-order valence-corrected chi connectivity index (χ4v) is 2.40. The second kappa shape index (κ2) is 4.98. The van der Waals surface area contributed by atoms with Gasteiger partial charge in [0.05, 0.1) is 10.7 Å². The number of hydrogen-bond acceptors (Lipinski definition) is 2. The lowest BCUT2D eigenvalue weighted by Gasteiger charge is -2.26. The summed E-state index contributed by atoms with van der Waals surface area (Å²) in [6.45, 7) is -0.583. The average Bonchev–Trinajstić information content (AvgIpc) is 2.86. The zero-order chi connectivity index (χ0) is 16.1. The number of rotatable bonds is 1. The molecule has 0 fully saturated rings. The number of halogens is 5. The van der Waals surface area contributed by atoms with E-state index in [-0.39, 0.29) is 16.4 Å². The minimum absolute atomic E-state index is 0.114. The van der Waals surface area contributed by atoms with E-state index in [0.717, 1.165) is 6.07 Å². The molecule has 1 aliphatic heterocycles. The molecule has 0 saturated heterocycles. The maximum atomic E-state index is 13.2. The van der Waals surface area contributed by atoms with E-state index < -0.39 is 30.5 Å². The summed E-state index contributed by atoms with van der Waals surface area (Å²) in [5.74, 6) is -1.30. The number of fused-ring (bicyclic) bond motifs is 1. The second-order valence-electron chi connectivity index (χ2n) is 4.76. The number of carbonyl (C=O) groups excluding carboxylic acids is 1. The van der Waals surface area contributed by atoms with E-state index in [2.05, 4.69) is 10.4 Å². The highest BCUT2D eigenvalue weighted by atomic mass is 35.5. The molecule has 9 heteroatoms. The van der Waals surface area contributed by atoms with Crippen LogP contribution in [0.25, 0.3) is 11.3 Å². The van der Waals surface area contributed by atoms with Gasteiger partial charge >= 0.3 is 6.18 Å².